The summed E-state index contributed by atoms with van der Waals surface area (Å²) in [6, 6.07) is 7.79. The third kappa shape index (κ3) is 1.96. The Morgan fingerprint density at radius 3 is 2.56 bits per heavy atom. The van der Waals surface area contributed by atoms with Crippen molar-refractivity contribution in [2.75, 3.05) is 6.54 Å². The van der Waals surface area contributed by atoms with Crippen LogP contribution in [0.25, 0.3) is 0 Å². The van der Waals surface area contributed by atoms with E-state index in [-0.39, 0.29) is 12.8 Å². The molecule has 0 bridgehead atoms. The second kappa shape index (κ2) is 3.81. The first-order valence-electron chi connectivity index (χ1n) is 5.63. The summed E-state index contributed by atoms with van der Waals surface area (Å²) in [4.78, 5) is 0. The summed E-state index contributed by atoms with van der Waals surface area (Å²) in [5.74, 6) is -2.55. The Morgan fingerprint density at radius 2 is 2.06 bits per heavy atom. The van der Waals surface area contributed by atoms with Crippen molar-refractivity contribution in [3.8, 4) is 0 Å². The molecule has 0 amide bonds. The van der Waals surface area contributed by atoms with Crippen molar-refractivity contribution < 1.29 is 8.78 Å². The highest BCUT2D eigenvalue weighted by Crippen LogP contribution is 2.48. The Hall–Kier alpha value is -0.960. The van der Waals surface area contributed by atoms with Crippen molar-refractivity contribution in [2.24, 2.45) is 5.73 Å². The molecule has 1 atom stereocenters. The molecule has 1 saturated carbocycles. The molecule has 0 aromatic heterocycles. The minimum Gasteiger partial charge on any atom is -0.330 e. The molecule has 0 spiro atoms. The normalized spacial score (nSPS) is 28.2. The van der Waals surface area contributed by atoms with Gasteiger partial charge in [0, 0.05) is 24.8 Å². The highest BCUT2D eigenvalue weighted by atomic mass is 19.3. The molecule has 0 aliphatic heterocycles. The molecule has 2 rings (SSSR count). The van der Waals surface area contributed by atoms with Crippen molar-refractivity contribution in [3.05, 3.63) is 35.4 Å². The highest BCUT2D eigenvalue weighted by molar-refractivity contribution is 5.32. The largest absolute Gasteiger partial charge is 0.330 e. The van der Waals surface area contributed by atoms with Gasteiger partial charge in [-0.25, -0.2) is 8.78 Å². The fourth-order valence-corrected chi connectivity index (χ4v) is 2.61. The second-order valence-corrected chi connectivity index (χ2v) is 4.89. The number of hydrogen-bond donors (Lipinski definition) is 1. The summed E-state index contributed by atoms with van der Waals surface area (Å²) < 4.78 is 26.7. The average Bonchev–Trinajstić information content (AvgIpc) is 2.56. The quantitative estimate of drug-likeness (QED) is 0.822. The van der Waals surface area contributed by atoms with Gasteiger partial charge in [-0.15, -0.1) is 0 Å². The van der Waals surface area contributed by atoms with Crippen LogP contribution in [-0.2, 0) is 5.41 Å². The van der Waals surface area contributed by atoms with E-state index in [9.17, 15) is 8.78 Å². The van der Waals surface area contributed by atoms with Gasteiger partial charge < -0.3 is 5.73 Å². The van der Waals surface area contributed by atoms with E-state index in [2.05, 4.69) is 0 Å². The minimum absolute atomic E-state index is 0.0435. The predicted molar refractivity (Wildman–Crippen MR) is 60.7 cm³/mol. The summed E-state index contributed by atoms with van der Waals surface area (Å²) in [7, 11) is 0. The van der Waals surface area contributed by atoms with Gasteiger partial charge in [0.05, 0.1) is 0 Å². The van der Waals surface area contributed by atoms with Crippen molar-refractivity contribution in [1.82, 2.24) is 0 Å². The van der Waals surface area contributed by atoms with Crippen LogP contribution in [0.2, 0.25) is 0 Å². The molecule has 1 unspecified atom stereocenters. The van der Waals surface area contributed by atoms with Crippen molar-refractivity contribution in [2.45, 2.75) is 37.5 Å². The van der Waals surface area contributed by atoms with Gasteiger partial charge in [0.2, 0.25) is 5.92 Å². The zero-order valence-corrected chi connectivity index (χ0v) is 9.47. The van der Waals surface area contributed by atoms with Gasteiger partial charge in [0.1, 0.15) is 0 Å². The van der Waals surface area contributed by atoms with Gasteiger partial charge >= 0.3 is 0 Å². The van der Waals surface area contributed by atoms with E-state index in [1.165, 1.54) is 0 Å². The first kappa shape index (κ1) is 11.5. The summed E-state index contributed by atoms with van der Waals surface area (Å²) in [5, 5.41) is 0. The third-order valence-corrected chi connectivity index (χ3v) is 3.59. The molecule has 16 heavy (non-hydrogen) atoms. The molecule has 1 fully saturated rings. The Kier molecular flexibility index (Phi) is 2.74. The second-order valence-electron chi connectivity index (χ2n) is 4.89. The molecule has 1 aromatic carbocycles. The Labute approximate surface area is 94.7 Å². The summed E-state index contributed by atoms with van der Waals surface area (Å²) in [6.45, 7) is 2.27. The molecule has 1 aromatic rings. The zero-order valence-electron chi connectivity index (χ0n) is 9.47. The van der Waals surface area contributed by atoms with E-state index in [0.29, 0.717) is 13.0 Å². The minimum atomic E-state index is -2.55. The number of hydrogen-bond acceptors (Lipinski definition) is 1. The maximum atomic E-state index is 13.4. The van der Waals surface area contributed by atoms with Crippen molar-refractivity contribution >= 4 is 0 Å². The van der Waals surface area contributed by atoms with E-state index < -0.39 is 11.3 Å². The topological polar surface area (TPSA) is 26.0 Å². The maximum Gasteiger partial charge on any atom is 0.249 e. The maximum absolute atomic E-state index is 13.4. The van der Waals surface area contributed by atoms with Crippen LogP contribution in [0.5, 0.6) is 0 Å². The summed E-state index contributed by atoms with van der Waals surface area (Å²) >= 11 is 0. The molecular weight excluding hydrogens is 208 g/mol. The summed E-state index contributed by atoms with van der Waals surface area (Å²) in [5.41, 5.74) is 7.28. The van der Waals surface area contributed by atoms with Crippen LogP contribution < -0.4 is 5.73 Å². The molecule has 88 valence electrons. The van der Waals surface area contributed by atoms with Crippen LogP contribution in [-0.4, -0.2) is 12.5 Å². The van der Waals surface area contributed by atoms with Gasteiger partial charge in [-0.3, -0.25) is 0 Å². The monoisotopic (exact) mass is 225 g/mol. The van der Waals surface area contributed by atoms with Crippen LogP contribution >= 0.6 is 0 Å². The lowest BCUT2D eigenvalue weighted by Crippen LogP contribution is -2.34. The first-order valence-corrected chi connectivity index (χ1v) is 5.63. The molecule has 0 saturated heterocycles. The van der Waals surface area contributed by atoms with E-state index in [0.717, 1.165) is 11.1 Å². The van der Waals surface area contributed by atoms with Gasteiger partial charge in [-0.1, -0.05) is 29.8 Å². The molecule has 0 heterocycles. The van der Waals surface area contributed by atoms with E-state index in [1.54, 1.807) is 0 Å². The molecule has 2 N–H and O–H groups in total. The Morgan fingerprint density at radius 1 is 1.31 bits per heavy atom. The number of benzene rings is 1. The lowest BCUT2D eigenvalue weighted by molar-refractivity contribution is 0.00301. The SMILES string of the molecule is Cc1cccc(C2(CN)CCC(F)(F)C2)c1. The highest BCUT2D eigenvalue weighted by Gasteiger charge is 2.49. The number of alkyl halides is 2. The molecule has 1 aliphatic carbocycles. The van der Waals surface area contributed by atoms with Gasteiger partial charge in [0.15, 0.2) is 0 Å². The van der Waals surface area contributed by atoms with Crippen LogP contribution in [0.15, 0.2) is 24.3 Å². The molecule has 3 heteroatoms. The van der Waals surface area contributed by atoms with E-state index in [1.807, 2.05) is 31.2 Å². The molecule has 1 aliphatic rings. The Balaban J connectivity index is 2.36. The smallest absolute Gasteiger partial charge is 0.249 e. The number of halogens is 2. The Bertz CT molecular complexity index is 389. The van der Waals surface area contributed by atoms with Crippen LogP contribution in [0.4, 0.5) is 8.78 Å². The molecule has 0 radical (unpaired) electrons. The lowest BCUT2D eigenvalue weighted by atomic mass is 9.78. The standard InChI is InChI=1S/C13H17F2N/c1-10-3-2-4-11(7-10)12(9-16)5-6-13(14,15)8-12/h2-4,7H,5-6,8-9,16H2,1H3. The fraction of sp³-hybridized carbons (Fsp3) is 0.538. The third-order valence-electron chi connectivity index (χ3n) is 3.59. The zero-order chi connectivity index (χ0) is 11.8. The van der Waals surface area contributed by atoms with Crippen LogP contribution in [0.1, 0.15) is 30.4 Å². The summed E-state index contributed by atoms with van der Waals surface area (Å²) in [6.07, 6.45) is 0.331. The van der Waals surface area contributed by atoms with E-state index in [4.69, 9.17) is 5.73 Å². The predicted octanol–water partition coefficient (Wildman–Crippen LogP) is 3.01. The van der Waals surface area contributed by atoms with Gasteiger partial charge in [-0.05, 0) is 18.9 Å². The molecule has 1 nitrogen and oxygen atoms in total. The van der Waals surface area contributed by atoms with E-state index >= 15 is 0 Å². The van der Waals surface area contributed by atoms with Crippen LogP contribution in [0, 0.1) is 6.92 Å². The van der Waals surface area contributed by atoms with Gasteiger partial charge in [0.25, 0.3) is 0 Å². The van der Waals surface area contributed by atoms with Crippen molar-refractivity contribution in [3.63, 3.8) is 0 Å². The van der Waals surface area contributed by atoms with Gasteiger partial charge in [-0.2, -0.15) is 0 Å². The lowest BCUT2D eigenvalue weighted by Gasteiger charge is -2.28. The van der Waals surface area contributed by atoms with Crippen LogP contribution in [0.3, 0.4) is 0 Å². The molecular formula is C13H17F2N. The number of nitrogens with two attached hydrogens (primary N) is 1. The number of aryl methyl sites for hydroxylation is 1. The fourth-order valence-electron chi connectivity index (χ4n) is 2.61. The van der Waals surface area contributed by atoms with Crippen molar-refractivity contribution in [1.29, 1.82) is 0 Å². The number of rotatable bonds is 2. The first-order chi connectivity index (χ1) is 7.47. The average molecular weight is 225 g/mol.